The van der Waals surface area contributed by atoms with Crippen molar-refractivity contribution in [2.75, 3.05) is 7.11 Å². The molecule has 0 spiro atoms. The average Bonchev–Trinajstić information content (AvgIpc) is 2.88. The summed E-state index contributed by atoms with van der Waals surface area (Å²) in [6, 6.07) is 3.64. The number of benzene rings is 1. The maximum Gasteiger partial charge on any atom is 0.314 e. The van der Waals surface area contributed by atoms with Gasteiger partial charge in [-0.05, 0) is 29.9 Å². The number of phenolic OH excluding ortho intramolecular Hbond substituents is 1. The number of hydrogen-bond donors (Lipinski definition) is 2. The largest absolute Gasteiger partial charge is 0.504 e. The number of carboxylic acid groups (broad SMARTS) is 1. The molecule has 1 aliphatic carbocycles. The summed E-state index contributed by atoms with van der Waals surface area (Å²) in [6.07, 6.45) is 2.86. The molecule has 0 unspecified atom stereocenters. The topological polar surface area (TPSA) is 66.8 Å². The van der Waals surface area contributed by atoms with Crippen LogP contribution in [0.15, 0.2) is 12.1 Å². The third-order valence-electron chi connectivity index (χ3n) is 4.54. The summed E-state index contributed by atoms with van der Waals surface area (Å²) in [6.45, 7) is 6.18. The zero-order chi connectivity index (χ0) is 15.8. The van der Waals surface area contributed by atoms with Crippen LogP contribution in [0, 0.1) is 0 Å². The minimum Gasteiger partial charge on any atom is -0.504 e. The Labute approximate surface area is 125 Å². The van der Waals surface area contributed by atoms with Crippen molar-refractivity contribution in [1.82, 2.24) is 0 Å². The average molecular weight is 292 g/mol. The molecular formula is C17H24O4. The molecule has 0 amide bonds. The van der Waals surface area contributed by atoms with Crippen LogP contribution in [-0.2, 0) is 15.6 Å². The summed E-state index contributed by atoms with van der Waals surface area (Å²) >= 11 is 0. The predicted octanol–water partition coefficient (Wildman–Crippen LogP) is 3.59. The Kier molecular flexibility index (Phi) is 3.91. The summed E-state index contributed by atoms with van der Waals surface area (Å²) in [4.78, 5) is 11.9. The number of rotatable bonds is 3. The van der Waals surface area contributed by atoms with Crippen molar-refractivity contribution in [3.63, 3.8) is 0 Å². The van der Waals surface area contributed by atoms with Gasteiger partial charge in [-0.15, -0.1) is 0 Å². The molecule has 0 radical (unpaired) electrons. The zero-order valence-corrected chi connectivity index (χ0v) is 13.2. The van der Waals surface area contributed by atoms with E-state index in [1.165, 1.54) is 7.11 Å². The minimum absolute atomic E-state index is 0.0326. The second kappa shape index (κ2) is 5.24. The second-order valence-electron chi connectivity index (χ2n) is 6.92. The number of hydrogen-bond acceptors (Lipinski definition) is 3. The van der Waals surface area contributed by atoms with Crippen molar-refractivity contribution in [3.05, 3.63) is 23.3 Å². The fourth-order valence-corrected chi connectivity index (χ4v) is 3.14. The number of aromatic hydroxyl groups is 1. The van der Waals surface area contributed by atoms with Crippen molar-refractivity contribution in [1.29, 1.82) is 0 Å². The van der Waals surface area contributed by atoms with Crippen molar-refractivity contribution in [2.24, 2.45) is 0 Å². The van der Waals surface area contributed by atoms with Crippen molar-refractivity contribution in [2.45, 2.75) is 57.3 Å². The van der Waals surface area contributed by atoms with Crippen LogP contribution in [0.1, 0.15) is 57.6 Å². The summed E-state index contributed by atoms with van der Waals surface area (Å²) < 4.78 is 5.26. The molecule has 0 aliphatic heterocycles. The molecule has 1 aromatic rings. The summed E-state index contributed by atoms with van der Waals surface area (Å²) in [5.41, 5.74) is 0.337. The van der Waals surface area contributed by atoms with E-state index in [2.05, 4.69) is 20.8 Å². The molecular weight excluding hydrogens is 268 g/mol. The standard InChI is InChI=1S/C17H24O4/c1-16(2,3)11-9-12(14(18)13(10-11)21-4)17(15(19)20)7-5-6-8-17/h9-10,18H,5-8H2,1-4H3,(H,19,20). The fraction of sp³-hybridized carbons (Fsp3) is 0.588. The van der Waals surface area contributed by atoms with Crippen LogP contribution >= 0.6 is 0 Å². The molecule has 1 aliphatic rings. The first-order valence-corrected chi connectivity index (χ1v) is 7.38. The maximum absolute atomic E-state index is 11.9. The van der Waals surface area contributed by atoms with E-state index in [4.69, 9.17) is 4.74 Å². The molecule has 4 heteroatoms. The Morgan fingerprint density at radius 3 is 2.24 bits per heavy atom. The number of aliphatic carboxylic acids is 1. The minimum atomic E-state index is -0.987. The molecule has 116 valence electrons. The number of carboxylic acids is 1. The molecule has 4 nitrogen and oxygen atoms in total. The van der Waals surface area contributed by atoms with Crippen LogP contribution in [-0.4, -0.2) is 23.3 Å². The second-order valence-corrected chi connectivity index (χ2v) is 6.92. The van der Waals surface area contributed by atoms with Crippen LogP contribution in [0.4, 0.5) is 0 Å². The molecule has 0 saturated heterocycles. The lowest BCUT2D eigenvalue weighted by molar-refractivity contribution is -0.143. The van der Waals surface area contributed by atoms with Crippen LogP contribution in [0.5, 0.6) is 11.5 Å². The highest BCUT2D eigenvalue weighted by Gasteiger charge is 2.45. The van der Waals surface area contributed by atoms with Gasteiger partial charge in [-0.25, -0.2) is 0 Å². The third kappa shape index (κ3) is 2.59. The monoisotopic (exact) mass is 292 g/mol. The lowest BCUT2D eigenvalue weighted by Crippen LogP contribution is -2.33. The van der Waals surface area contributed by atoms with Crippen molar-refractivity contribution in [3.8, 4) is 11.5 Å². The number of methoxy groups -OCH3 is 1. The Hall–Kier alpha value is -1.71. The van der Waals surface area contributed by atoms with Crippen molar-refractivity contribution >= 4 is 5.97 Å². The van der Waals surface area contributed by atoms with Gasteiger partial charge in [-0.2, -0.15) is 0 Å². The van der Waals surface area contributed by atoms with E-state index in [9.17, 15) is 15.0 Å². The Morgan fingerprint density at radius 1 is 1.24 bits per heavy atom. The predicted molar refractivity (Wildman–Crippen MR) is 81.1 cm³/mol. The van der Waals surface area contributed by atoms with Gasteiger partial charge in [0, 0.05) is 5.56 Å². The molecule has 0 bridgehead atoms. The highest BCUT2D eigenvalue weighted by molar-refractivity contribution is 5.83. The molecule has 1 saturated carbocycles. The van der Waals surface area contributed by atoms with Gasteiger partial charge >= 0.3 is 5.97 Å². The van der Waals surface area contributed by atoms with E-state index in [0.717, 1.165) is 18.4 Å². The van der Waals surface area contributed by atoms with E-state index in [1.807, 2.05) is 6.07 Å². The van der Waals surface area contributed by atoms with Crippen molar-refractivity contribution < 1.29 is 19.7 Å². The summed E-state index contributed by atoms with van der Waals surface area (Å²) in [7, 11) is 1.49. The lowest BCUT2D eigenvalue weighted by Gasteiger charge is -2.29. The normalized spacial score (nSPS) is 17.7. The molecule has 0 heterocycles. The van der Waals surface area contributed by atoms with Gasteiger partial charge in [0.25, 0.3) is 0 Å². The molecule has 21 heavy (non-hydrogen) atoms. The van der Waals surface area contributed by atoms with Gasteiger partial charge in [0.05, 0.1) is 12.5 Å². The van der Waals surface area contributed by atoms with Gasteiger partial charge < -0.3 is 14.9 Å². The first-order chi connectivity index (χ1) is 9.72. The zero-order valence-electron chi connectivity index (χ0n) is 13.2. The molecule has 0 aromatic heterocycles. The van der Waals surface area contributed by atoms with E-state index >= 15 is 0 Å². The number of phenols is 1. The molecule has 1 aromatic carbocycles. The fourth-order valence-electron chi connectivity index (χ4n) is 3.14. The van der Waals surface area contributed by atoms with Gasteiger partial charge in [-0.3, -0.25) is 4.79 Å². The van der Waals surface area contributed by atoms with Crippen LogP contribution in [0.2, 0.25) is 0 Å². The Bertz CT molecular complexity index is 549. The van der Waals surface area contributed by atoms with Gasteiger partial charge in [0.1, 0.15) is 0 Å². The molecule has 2 N–H and O–H groups in total. The quantitative estimate of drug-likeness (QED) is 0.893. The maximum atomic E-state index is 11.9. The summed E-state index contributed by atoms with van der Waals surface area (Å²) in [5, 5.41) is 20.2. The number of carbonyl (C=O) groups is 1. The smallest absolute Gasteiger partial charge is 0.314 e. The first kappa shape index (κ1) is 15.7. The third-order valence-corrected chi connectivity index (χ3v) is 4.54. The molecule has 1 fully saturated rings. The van der Waals surface area contributed by atoms with E-state index < -0.39 is 11.4 Å². The van der Waals surface area contributed by atoms with Gasteiger partial charge in [-0.1, -0.05) is 39.7 Å². The SMILES string of the molecule is COc1cc(C(C)(C)C)cc(C2(C(=O)O)CCCC2)c1O. The van der Waals surface area contributed by atoms with Crippen LogP contribution in [0.3, 0.4) is 0 Å². The number of ether oxygens (including phenoxy) is 1. The molecule has 2 rings (SSSR count). The Morgan fingerprint density at radius 2 is 1.81 bits per heavy atom. The van der Waals surface area contributed by atoms with E-state index in [0.29, 0.717) is 24.2 Å². The highest BCUT2D eigenvalue weighted by Crippen LogP contribution is 2.48. The van der Waals surface area contributed by atoms with Gasteiger partial charge in [0.15, 0.2) is 11.5 Å². The van der Waals surface area contributed by atoms with E-state index in [-0.39, 0.29) is 11.2 Å². The molecule has 0 atom stereocenters. The van der Waals surface area contributed by atoms with Gasteiger partial charge in [0.2, 0.25) is 0 Å². The summed E-state index contributed by atoms with van der Waals surface area (Å²) in [5.74, 6) is -0.539. The first-order valence-electron chi connectivity index (χ1n) is 7.38. The van der Waals surface area contributed by atoms with Crippen LogP contribution in [0.25, 0.3) is 0 Å². The lowest BCUT2D eigenvalue weighted by atomic mass is 9.75. The Balaban J connectivity index is 2.69. The van der Waals surface area contributed by atoms with Crippen LogP contribution < -0.4 is 4.74 Å². The van der Waals surface area contributed by atoms with E-state index in [1.54, 1.807) is 6.07 Å². The highest BCUT2D eigenvalue weighted by atomic mass is 16.5.